The lowest BCUT2D eigenvalue weighted by Gasteiger charge is -2.02. The van der Waals surface area contributed by atoms with Crippen LogP contribution in [0.25, 0.3) is 0 Å². The van der Waals surface area contributed by atoms with E-state index >= 15 is 0 Å². The number of phenolic OH excluding ortho intramolecular Hbond substituents is 1. The third-order valence-electron chi connectivity index (χ3n) is 1.12. The van der Waals surface area contributed by atoms with Gasteiger partial charge < -0.3 is 10.5 Å². The van der Waals surface area contributed by atoms with Crippen molar-refractivity contribution in [2.75, 3.05) is 12.5 Å². The van der Waals surface area contributed by atoms with Crippen molar-refractivity contribution < 1.29 is 5.11 Å². The van der Waals surface area contributed by atoms with E-state index in [1.165, 1.54) is 0 Å². The van der Waals surface area contributed by atoms with Crippen LogP contribution in [0.1, 0.15) is 0 Å². The minimum absolute atomic E-state index is 0.264. The van der Waals surface area contributed by atoms with Crippen molar-refractivity contribution in [1.82, 2.24) is 5.43 Å². The summed E-state index contributed by atoms with van der Waals surface area (Å²) in [5.41, 5.74) is 6.44. The molecule has 0 radical (unpaired) electrons. The van der Waals surface area contributed by atoms with Crippen LogP contribution < -0.4 is 10.9 Å². The Kier molecular flexibility index (Phi) is 2.12. The molecule has 0 unspecified atom stereocenters. The van der Waals surface area contributed by atoms with Gasteiger partial charge in [0, 0.05) is 13.1 Å². The molecule has 0 amide bonds. The van der Waals surface area contributed by atoms with Gasteiger partial charge in [0.25, 0.3) is 0 Å². The van der Waals surface area contributed by atoms with Crippen LogP contribution in [0.4, 0.5) is 5.69 Å². The molecule has 0 aliphatic heterocycles. The maximum atomic E-state index is 8.97. The molecule has 0 spiro atoms. The fraction of sp³-hybridized carbons (Fsp3) is 0.143. The van der Waals surface area contributed by atoms with Crippen molar-refractivity contribution >= 4 is 5.69 Å². The average Bonchev–Trinajstić information content (AvgIpc) is 1.88. The van der Waals surface area contributed by atoms with Crippen molar-refractivity contribution in [3.8, 4) is 5.75 Å². The molecule has 0 saturated heterocycles. The van der Waals surface area contributed by atoms with E-state index in [-0.39, 0.29) is 5.75 Å². The van der Waals surface area contributed by atoms with Crippen LogP contribution in [0.15, 0.2) is 24.3 Å². The SMILES string of the molecule is CNNc1cccc(O)c1. The molecule has 0 aliphatic carbocycles. The average molecular weight is 138 g/mol. The quantitative estimate of drug-likeness (QED) is 0.533. The molecular formula is C7H10N2O. The van der Waals surface area contributed by atoms with E-state index in [0.29, 0.717) is 0 Å². The molecule has 0 atom stereocenters. The first-order chi connectivity index (χ1) is 4.83. The van der Waals surface area contributed by atoms with Gasteiger partial charge in [0.05, 0.1) is 5.69 Å². The number of hydrazine groups is 1. The zero-order chi connectivity index (χ0) is 7.40. The highest BCUT2D eigenvalue weighted by molar-refractivity contribution is 5.46. The molecule has 0 bridgehead atoms. The first-order valence-electron chi connectivity index (χ1n) is 3.04. The van der Waals surface area contributed by atoms with E-state index in [1.807, 2.05) is 6.07 Å². The maximum Gasteiger partial charge on any atom is 0.117 e. The Morgan fingerprint density at radius 2 is 2.20 bits per heavy atom. The van der Waals surface area contributed by atoms with Crippen molar-refractivity contribution in [2.45, 2.75) is 0 Å². The molecule has 1 aromatic rings. The highest BCUT2D eigenvalue weighted by Gasteiger charge is 1.88. The molecular weight excluding hydrogens is 128 g/mol. The van der Waals surface area contributed by atoms with Gasteiger partial charge in [0.2, 0.25) is 0 Å². The van der Waals surface area contributed by atoms with Crippen molar-refractivity contribution in [1.29, 1.82) is 0 Å². The summed E-state index contributed by atoms with van der Waals surface area (Å²) < 4.78 is 0. The molecule has 3 N–H and O–H groups in total. The summed E-state index contributed by atoms with van der Waals surface area (Å²) in [6.07, 6.45) is 0. The van der Waals surface area contributed by atoms with E-state index < -0.39 is 0 Å². The number of hydrogen-bond donors (Lipinski definition) is 3. The van der Waals surface area contributed by atoms with Crippen LogP contribution in [0.5, 0.6) is 5.75 Å². The minimum Gasteiger partial charge on any atom is -0.508 e. The predicted octanol–water partition coefficient (Wildman–Crippen LogP) is 0.938. The largest absolute Gasteiger partial charge is 0.508 e. The van der Waals surface area contributed by atoms with Gasteiger partial charge in [-0.25, -0.2) is 5.43 Å². The Bertz CT molecular complexity index is 213. The Hall–Kier alpha value is -1.22. The molecule has 0 saturated carbocycles. The number of rotatable bonds is 2. The van der Waals surface area contributed by atoms with E-state index in [2.05, 4.69) is 10.9 Å². The van der Waals surface area contributed by atoms with E-state index in [4.69, 9.17) is 5.11 Å². The molecule has 3 nitrogen and oxygen atoms in total. The summed E-state index contributed by atoms with van der Waals surface area (Å²) in [5.74, 6) is 0.264. The third-order valence-corrected chi connectivity index (χ3v) is 1.12. The zero-order valence-corrected chi connectivity index (χ0v) is 5.76. The highest BCUT2D eigenvalue weighted by Crippen LogP contribution is 2.13. The number of aromatic hydroxyl groups is 1. The number of phenols is 1. The molecule has 0 heterocycles. The van der Waals surface area contributed by atoms with Gasteiger partial charge >= 0.3 is 0 Å². The van der Waals surface area contributed by atoms with Gasteiger partial charge in [0.1, 0.15) is 5.75 Å². The number of hydrogen-bond acceptors (Lipinski definition) is 3. The Morgan fingerprint density at radius 1 is 1.40 bits per heavy atom. The molecule has 54 valence electrons. The molecule has 10 heavy (non-hydrogen) atoms. The molecule has 0 aromatic heterocycles. The second kappa shape index (κ2) is 3.08. The second-order valence-corrected chi connectivity index (χ2v) is 1.93. The van der Waals surface area contributed by atoms with Crippen LogP contribution in [-0.2, 0) is 0 Å². The Morgan fingerprint density at radius 3 is 2.80 bits per heavy atom. The topological polar surface area (TPSA) is 44.3 Å². The van der Waals surface area contributed by atoms with Crippen LogP contribution in [-0.4, -0.2) is 12.2 Å². The van der Waals surface area contributed by atoms with Crippen LogP contribution in [0.2, 0.25) is 0 Å². The Labute approximate surface area is 59.7 Å². The standard InChI is InChI=1S/C7H10N2O/c1-8-9-6-3-2-4-7(10)5-6/h2-5,8-10H,1H3. The number of anilines is 1. The van der Waals surface area contributed by atoms with Crippen LogP contribution in [0.3, 0.4) is 0 Å². The molecule has 0 fully saturated rings. The van der Waals surface area contributed by atoms with Gasteiger partial charge in [-0.2, -0.15) is 0 Å². The number of nitrogens with one attached hydrogen (secondary N) is 2. The first-order valence-corrected chi connectivity index (χ1v) is 3.04. The molecule has 1 aromatic carbocycles. The molecule has 1 rings (SSSR count). The second-order valence-electron chi connectivity index (χ2n) is 1.93. The molecule has 0 aliphatic rings. The summed E-state index contributed by atoms with van der Waals surface area (Å²) in [7, 11) is 1.77. The summed E-state index contributed by atoms with van der Waals surface area (Å²) in [6.45, 7) is 0. The van der Waals surface area contributed by atoms with Crippen LogP contribution >= 0.6 is 0 Å². The lowest BCUT2D eigenvalue weighted by atomic mass is 10.3. The maximum absolute atomic E-state index is 8.97. The van der Waals surface area contributed by atoms with Crippen molar-refractivity contribution in [2.24, 2.45) is 0 Å². The Balaban J connectivity index is 2.75. The smallest absolute Gasteiger partial charge is 0.117 e. The first kappa shape index (κ1) is 6.89. The lowest BCUT2D eigenvalue weighted by molar-refractivity contribution is 0.475. The third kappa shape index (κ3) is 1.63. The molecule has 3 heteroatoms. The van der Waals surface area contributed by atoms with Crippen LogP contribution in [0, 0.1) is 0 Å². The van der Waals surface area contributed by atoms with Gasteiger partial charge in [-0.05, 0) is 12.1 Å². The van der Waals surface area contributed by atoms with Gasteiger partial charge in [0.15, 0.2) is 0 Å². The fourth-order valence-electron chi connectivity index (χ4n) is 0.728. The predicted molar refractivity (Wildman–Crippen MR) is 40.8 cm³/mol. The number of benzene rings is 1. The summed E-state index contributed by atoms with van der Waals surface area (Å²) in [4.78, 5) is 0. The minimum atomic E-state index is 0.264. The summed E-state index contributed by atoms with van der Waals surface area (Å²) in [6, 6.07) is 6.89. The van der Waals surface area contributed by atoms with Gasteiger partial charge in [-0.15, -0.1) is 0 Å². The zero-order valence-electron chi connectivity index (χ0n) is 5.76. The summed E-state index contributed by atoms with van der Waals surface area (Å²) in [5, 5.41) is 8.97. The highest BCUT2D eigenvalue weighted by atomic mass is 16.3. The van der Waals surface area contributed by atoms with E-state index in [0.717, 1.165) is 5.69 Å². The normalized spacial score (nSPS) is 9.30. The monoisotopic (exact) mass is 138 g/mol. The van der Waals surface area contributed by atoms with Gasteiger partial charge in [-0.1, -0.05) is 6.07 Å². The lowest BCUT2D eigenvalue weighted by Crippen LogP contribution is -2.14. The van der Waals surface area contributed by atoms with Crippen molar-refractivity contribution in [3.05, 3.63) is 24.3 Å². The van der Waals surface area contributed by atoms with Crippen molar-refractivity contribution in [3.63, 3.8) is 0 Å². The van der Waals surface area contributed by atoms with Gasteiger partial charge in [-0.3, -0.25) is 0 Å². The fourth-order valence-corrected chi connectivity index (χ4v) is 0.728. The van der Waals surface area contributed by atoms with E-state index in [9.17, 15) is 0 Å². The summed E-state index contributed by atoms with van der Waals surface area (Å²) >= 11 is 0. The van der Waals surface area contributed by atoms with E-state index in [1.54, 1.807) is 25.2 Å².